The summed E-state index contributed by atoms with van der Waals surface area (Å²) in [5, 5.41) is 0. The second kappa shape index (κ2) is 8.72. The van der Waals surface area contributed by atoms with Crippen LogP contribution in [0, 0.1) is 0 Å². The highest BCUT2D eigenvalue weighted by Gasteiger charge is 2.09. The van der Waals surface area contributed by atoms with E-state index < -0.39 is 15.9 Å². The monoisotopic (exact) mass is 234 g/mol. The van der Waals surface area contributed by atoms with E-state index in [0.717, 1.165) is 6.42 Å². The third-order valence-electron chi connectivity index (χ3n) is 0.893. The highest BCUT2D eigenvalue weighted by Crippen LogP contribution is 2.35. The van der Waals surface area contributed by atoms with E-state index in [1.54, 1.807) is 0 Å². The van der Waals surface area contributed by atoms with Gasteiger partial charge in [0.25, 0.3) is 0 Å². The first-order chi connectivity index (χ1) is 5.83. The predicted octanol–water partition coefficient (Wildman–Crippen LogP) is 0.491. The molecule has 80 valence electrons. The SMILES string of the molecule is CCCCP(=O)(O)O.NO[P+](=O)O. The number of rotatable bonds is 4. The molecule has 9 heteroatoms. The first kappa shape index (κ1) is 15.6. The molecule has 0 rings (SSSR count). The van der Waals surface area contributed by atoms with E-state index in [1.807, 2.05) is 6.92 Å². The summed E-state index contributed by atoms with van der Waals surface area (Å²) in [5.74, 6) is 4.14. The Morgan fingerprint density at radius 2 is 1.92 bits per heavy atom. The minimum atomic E-state index is -3.68. The van der Waals surface area contributed by atoms with Crippen molar-refractivity contribution in [3.05, 3.63) is 0 Å². The smallest absolute Gasteiger partial charge is 0.324 e. The molecular formula is C4H14NO6P2+. The molecule has 0 aliphatic heterocycles. The molecule has 7 nitrogen and oxygen atoms in total. The molecule has 0 spiro atoms. The number of hydrogen-bond acceptors (Lipinski definition) is 4. The lowest BCUT2D eigenvalue weighted by Crippen LogP contribution is -1.84. The van der Waals surface area contributed by atoms with Crippen LogP contribution < -0.4 is 5.90 Å². The third kappa shape index (κ3) is 24.5. The zero-order valence-corrected chi connectivity index (χ0v) is 8.95. The largest absolute Gasteiger partial charge is 0.713 e. The summed E-state index contributed by atoms with van der Waals surface area (Å²) in [7, 11) is -6.25. The summed E-state index contributed by atoms with van der Waals surface area (Å²) < 4.78 is 22.6. The van der Waals surface area contributed by atoms with Crippen molar-refractivity contribution in [2.75, 3.05) is 6.16 Å². The van der Waals surface area contributed by atoms with Crippen molar-refractivity contribution in [3.8, 4) is 0 Å². The number of nitrogens with two attached hydrogens (primary N) is 1. The van der Waals surface area contributed by atoms with Gasteiger partial charge >= 0.3 is 15.9 Å². The zero-order valence-electron chi connectivity index (χ0n) is 7.16. The van der Waals surface area contributed by atoms with Crippen molar-refractivity contribution < 1.29 is 28.4 Å². The summed E-state index contributed by atoms with van der Waals surface area (Å²) in [6.45, 7) is 1.90. The van der Waals surface area contributed by atoms with Gasteiger partial charge in [-0.2, -0.15) is 5.90 Å². The summed E-state index contributed by atoms with van der Waals surface area (Å²) in [6, 6.07) is 0. The van der Waals surface area contributed by atoms with Gasteiger partial charge in [0.15, 0.2) is 0 Å². The number of unbranched alkanes of at least 4 members (excludes halogenated alkanes) is 1. The molecule has 0 aliphatic rings. The lowest BCUT2D eigenvalue weighted by Gasteiger charge is -1.98. The van der Waals surface area contributed by atoms with Crippen LogP contribution in [0.5, 0.6) is 0 Å². The Bertz CT molecular complexity index is 179. The molecule has 0 saturated heterocycles. The van der Waals surface area contributed by atoms with Crippen LogP contribution in [0.3, 0.4) is 0 Å². The van der Waals surface area contributed by atoms with Crippen molar-refractivity contribution in [2.45, 2.75) is 19.8 Å². The lowest BCUT2D eigenvalue weighted by atomic mass is 10.4. The van der Waals surface area contributed by atoms with Gasteiger partial charge in [-0.3, -0.25) is 4.57 Å². The van der Waals surface area contributed by atoms with E-state index in [9.17, 15) is 4.57 Å². The molecule has 0 fully saturated rings. The molecule has 0 heterocycles. The Morgan fingerprint density at radius 1 is 1.54 bits per heavy atom. The minimum absolute atomic E-state index is 0.0312. The minimum Gasteiger partial charge on any atom is -0.324 e. The average molecular weight is 234 g/mol. The van der Waals surface area contributed by atoms with E-state index in [1.165, 1.54) is 0 Å². The second-order valence-electron chi connectivity index (χ2n) is 2.09. The van der Waals surface area contributed by atoms with Crippen LogP contribution in [0.1, 0.15) is 19.8 Å². The molecule has 0 aromatic heterocycles. The van der Waals surface area contributed by atoms with Crippen LogP contribution >= 0.6 is 15.9 Å². The quantitative estimate of drug-likeness (QED) is 0.411. The second-order valence-corrected chi connectivity index (χ2v) is 4.55. The molecule has 1 unspecified atom stereocenters. The summed E-state index contributed by atoms with van der Waals surface area (Å²) in [4.78, 5) is 24.0. The van der Waals surface area contributed by atoms with Crippen LogP contribution in [-0.2, 0) is 13.8 Å². The fourth-order valence-corrected chi connectivity index (χ4v) is 1.09. The fourth-order valence-electron chi connectivity index (χ4n) is 0.364. The maximum absolute atomic E-state index is 10.1. The molecular weight excluding hydrogens is 220 g/mol. The van der Waals surface area contributed by atoms with Crippen molar-refractivity contribution in [1.82, 2.24) is 0 Å². The molecule has 0 amide bonds. The predicted molar refractivity (Wildman–Crippen MR) is 46.9 cm³/mol. The van der Waals surface area contributed by atoms with E-state index in [0.29, 0.717) is 6.42 Å². The highest BCUT2D eigenvalue weighted by atomic mass is 31.2. The summed E-state index contributed by atoms with van der Waals surface area (Å²) in [6.07, 6.45) is 1.49. The van der Waals surface area contributed by atoms with Gasteiger partial charge in [0.05, 0.1) is 0 Å². The van der Waals surface area contributed by atoms with Crippen LogP contribution in [-0.4, -0.2) is 20.8 Å². The molecule has 1 atom stereocenters. The van der Waals surface area contributed by atoms with Gasteiger partial charge < -0.3 is 9.79 Å². The molecule has 5 N–H and O–H groups in total. The maximum Gasteiger partial charge on any atom is 0.713 e. The van der Waals surface area contributed by atoms with Crippen molar-refractivity contribution in [3.63, 3.8) is 0 Å². The molecule has 0 aromatic carbocycles. The molecule has 13 heavy (non-hydrogen) atoms. The average Bonchev–Trinajstić information content (AvgIpc) is 2.00. The standard InChI is InChI=1S/C4H11O3P.H2NO3P/c1-2-3-4-8(5,6)7;1-4-5(2)3/h2-4H2,1H3,(H2,5,6,7);1H2/p+1. The van der Waals surface area contributed by atoms with Crippen molar-refractivity contribution in [1.29, 1.82) is 0 Å². The summed E-state index contributed by atoms with van der Waals surface area (Å²) >= 11 is 0. The van der Waals surface area contributed by atoms with Gasteiger partial charge in [-0.25, -0.2) is 0 Å². The Morgan fingerprint density at radius 3 is 2.00 bits per heavy atom. The topological polar surface area (TPSA) is 130 Å². The Labute approximate surface area is 77.0 Å². The molecule has 0 aromatic rings. The zero-order chi connectivity index (χ0) is 10.9. The normalized spacial score (nSPS) is 11.6. The van der Waals surface area contributed by atoms with Crippen LogP contribution in [0.15, 0.2) is 0 Å². The van der Waals surface area contributed by atoms with Gasteiger partial charge in [0, 0.05) is 10.7 Å². The Kier molecular flexibility index (Phi) is 10.5. The van der Waals surface area contributed by atoms with E-state index in [2.05, 4.69) is 10.5 Å². The van der Waals surface area contributed by atoms with Gasteiger partial charge in [0.1, 0.15) is 0 Å². The van der Waals surface area contributed by atoms with Crippen LogP contribution in [0.4, 0.5) is 0 Å². The molecule has 0 radical (unpaired) electrons. The number of hydrogen-bond donors (Lipinski definition) is 4. The van der Waals surface area contributed by atoms with Crippen LogP contribution in [0.2, 0.25) is 0 Å². The first-order valence-corrected chi connectivity index (χ1v) is 6.33. The van der Waals surface area contributed by atoms with Crippen molar-refractivity contribution >= 4 is 15.9 Å². The molecule has 0 bridgehead atoms. The van der Waals surface area contributed by atoms with Crippen LogP contribution in [0.25, 0.3) is 0 Å². The van der Waals surface area contributed by atoms with E-state index >= 15 is 0 Å². The molecule has 0 saturated carbocycles. The maximum atomic E-state index is 10.1. The Balaban J connectivity index is 0. The van der Waals surface area contributed by atoms with Gasteiger partial charge in [-0.15, -0.1) is 4.89 Å². The van der Waals surface area contributed by atoms with Gasteiger partial charge in [0.2, 0.25) is 0 Å². The fraction of sp³-hybridized carbons (Fsp3) is 1.00. The van der Waals surface area contributed by atoms with Gasteiger partial charge in [-0.1, -0.05) is 13.3 Å². The van der Waals surface area contributed by atoms with E-state index in [4.69, 9.17) is 19.2 Å². The molecule has 0 aliphatic carbocycles. The van der Waals surface area contributed by atoms with E-state index in [-0.39, 0.29) is 6.16 Å². The summed E-state index contributed by atoms with van der Waals surface area (Å²) in [5.41, 5.74) is 0. The Hall–Kier alpha value is 0.130. The van der Waals surface area contributed by atoms with Gasteiger partial charge in [-0.05, 0) is 11.0 Å². The highest BCUT2D eigenvalue weighted by molar-refractivity contribution is 7.51. The third-order valence-corrected chi connectivity index (χ3v) is 1.97. The lowest BCUT2D eigenvalue weighted by molar-refractivity contribution is 0.292. The van der Waals surface area contributed by atoms with Crippen molar-refractivity contribution in [2.24, 2.45) is 5.90 Å². The first-order valence-electron chi connectivity index (χ1n) is 3.41.